The molecule has 1 N–H and O–H groups in total. The second-order valence-corrected chi connectivity index (χ2v) is 4.91. The van der Waals surface area contributed by atoms with Gasteiger partial charge in [-0.1, -0.05) is 42.5 Å². The summed E-state index contributed by atoms with van der Waals surface area (Å²) >= 11 is 0. The van der Waals surface area contributed by atoms with Crippen LogP contribution in [0, 0.1) is 0 Å². The zero-order valence-electron chi connectivity index (χ0n) is 11.9. The van der Waals surface area contributed by atoms with E-state index >= 15 is 0 Å². The standard InChI is InChI=1S/C17H19N3/c1-3-18-17-19-15-11-7-8-12-16(15)20(17)13(2)14-9-5-4-6-10-14/h4-13H,3H2,1-2H3,(H,18,19). The van der Waals surface area contributed by atoms with Gasteiger partial charge in [0.1, 0.15) is 0 Å². The van der Waals surface area contributed by atoms with Crippen LogP contribution in [0.5, 0.6) is 0 Å². The molecule has 3 aromatic rings. The molecule has 0 aliphatic carbocycles. The molecule has 0 aliphatic heterocycles. The Morgan fingerprint density at radius 1 is 1.05 bits per heavy atom. The van der Waals surface area contributed by atoms with Crippen LogP contribution in [0.3, 0.4) is 0 Å². The van der Waals surface area contributed by atoms with Crippen LogP contribution < -0.4 is 5.32 Å². The Morgan fingerprint density at radius 2 is 1.75 bits per heavy atom. The van der Waals surface area contributed by atoms with E-state index in [2.05, 4.69) is 66.2 Å². The minimum Gasteiger partial charge on any atom is -0.356 e. The van der Waals surface area contributed by atoms with Gasteiger partial charge in [0.15, 0.2) is 0 Å². The lowest BCUT2D eigenvalue weighted by atomic mass is 10.1. The second-order valence-electron chi connectivity index (χ2n) is 4.91. The highest BCUT2D eigenvalue weighted by Crippen LogP contribution is 2.28. The summed E-state index contributed by atoms with van der Waals surface area (Å²) in [6, 6.07) is 19.1. The maximum absolute atomic E-state index is 4.70. The number of rotatable bonds is 4. The summed E-state index contributed by atoms with van der Waals surface area (Å²) in [5.41, 5.74) is 3.49. The van der Waals surface area contributed by atoms with Crippen LogP contribution in [0.1, 0.15) is 25.5 Å². The molecule has 0 radical (unpaired) electrons. The minimum atomic E-state index is 0.248. The van der Waals surface area contributed by atoms with Crippen LogP contribution in [0.2, 0.25) is 0 Å². The van der Waals surface area contributed by atoms with Crippen molar-refractivity contribution in [2.45, 2.75) is 19.9 Å². The Balaban J connectivity index is 2.15. The highest BCUT2D eigenvalue weighted by molar-refractivity contribution is 5.79. The fourth-order valence-electron chi connectivity index (χ4n) is 2.60. The lowest BCUT2D eigenvalue weighted by Crippen LogP contribution is -2.12. The Bertz CT molecular complexity index is 701. The van der Waals surface area contributed by atoms with Gasteiger partial charge in [-0.25, -0.2) is 4.98 Å². The topological polar surface area (TPSA) is 29.9 Å². The van der Waals surface area contributed by atoms with Crippen molar-refractivity contribution in [3.63, 3.8) is 0 Å². The van der Waals surface area contributed by atoms with E-state index in [4.69, 9.17) is 4.98 Å². The molecule has 102 valence electrons. The molecule has 0 amide bonds. The summed E-state index contributed by atoms with van der Waals surface area (Å²) < 4.78 is 2.27. The largest absolute Gasteiger partial charge is 0.356 e. The smallest absolute Gasteiger partial charge is 0.204 e. The number of nitrogens with one attached hydrogen (secondary N) is 1. The maximum atomic E-state index is 4.70. The Morgan fingerprint density at radius 3 is 2.50 bits per heavy atom. The van der Waals surface area contributed by atoms with E-state index in [-0.39, 0.29) is 6.04 Å². The molecule has 0 saturated heterocycles. The van der Waals surface area contributed by atoms with Crippen molar-refractivity contribution in [2.24, 2.45) is 0 Å². The fourth-order valence-corrected chi connectivity index (χ4v) is 2.60. The first kappa shape index (κ1) is 12.7. The minimum absolute atomic E-state index is 0.248. The lowest BCUT2D eigenvalue weighted by Gasteiger charge is -2.18. The number of anilines is 1. The summed E-state index contributed by atoms with van der Waals surface area (Å²) in [5.74, 6) is 0.935. The fraction of sp³-hybridized carbons (Fsp3) is 0.235. The number of nitrogens with zero attached hydrogens (tertiary/aromatic N) is 2. The van der Waals surface area contributed by atoms with Gasteiger partial charge in [-0.2, -0.15) is 0 Å². The molecule has 2 aromatic carbocycles. The molecular weight excluding hydrogens is 246 g/mol. The summed E-state index contributed by atoms with van der Waals surface area (Å²) in [7, 11) is 0. The van der Waals surface area contributed by atoms with E-state index in [1.807, 2.05) is 12.1 Å². The van der Waals surface area contributed by atoms with Gasteiger partial charge in [0.2, 0.25) is 5.95 Å². The molecule has 3 heteroatoms. The average Bonchev–Trinajstić information content (AvgIpc) is 2.86. The second kappa shape index (κ2) is 5.37. The summed E-state index contributed by atoms with van der Waals surface area (Å²) in [5, 5.41) is 3.37. The van der Waals surface area contributed by atoms with E-state index in [0.717, 1.165) is 18.0 Å². The molecule has 0 fully saturated rings. The third-order valence-electron chi connectivity index (χ3n) is 3.60. The Labute approximate surface area is 119 Å². The van der Waals surface area contributed by atoms with Crippen LogP contribution in [-0.4, -0.2) is 16.1 Å². The molecule has 0 spiro atoms. The van der Waals surface area contributed by atoms with E-state index in [1.165, 1.54) is 11.1 Å². The molecule has 1 aromatic heterocycles. The lowest BCUT2D eigenvalue weighted by molar-refractivity contribution is 0.663. The first-order valence-electron chi connectivity index (χ1n) is 7.07. The highest BCUT2D eigenvalue weighted by atomic mass is 15.2. The van der Waals surface area contributed by atoms with Gasteiger partial charge in [0.25, 0.3) is 0 Å². The van der Waals surface area contributed by atoms with Gasteiger partial charge in [0, 0.05) is 6.54 Å². The van der Waals surface area contributed by atoms with Crippen molar-refractivity contribution in [2.75, 3.05) is 11.9 Å². The normalized spacial score (nSPS) is 12.5. The number of hydrogen-bond acceptors (Lipinski definition) is 2. The molecule has 1 heterocycles. The third-order valence-corrected chi connectivity index (χ3v) is 3.60. The van der Waals surface area contributed by atoms with Gasteiger partial charge < -0.3 is 9.88 Å². The number of para-hydroxylation sites is 2. The Kier molecular flexibility index (Phi) is 3.42. The third kappa shape index (κ3) is 2.16. The van der Waals surface area contributed by atoms with E-state index in [1.54, 1.807) is 0 Å². The van der Waals surface area contributed by atoms with Crippen molar-refractivity contribution in [1.29, 1.82) is 0 Å². The molecule has 20 heavy (non-hydrogen) atoms. The van der Waals surface area contributed by atoms with Gasteiger partial charge >= 0.3 is 0 Å². The van der Waals surface area contributed by atoms with Crippen LogP contribution in [0.15, 0.2) is 54.6 Å². The highest BCUT2D eigenvalue weighted by Gasteiger charge is 2.16. The number of hydrogen-bond donors (Lipinski definition) is 1. The molecule has 0 aliphatic rings. The average molecular weight is 265 g/mol. The molecule has 3 nitrogen and oxygen atoms in total. The predicted octanol–water partition coefficient (Wildman–Crippen LogP) is 4.08. The summed E-state index contributed by atoms with van der Waals surface area (Å²) in [6.07, 6.45) is 0. The van der Waals surface area contributed by atoms with Crippen molar-refractivity contribution in [3.05, 3.63) is 60.2 Å². The number of aromatic nitrogens is 2. The zero-order chi connectivity index (χ0) is 13.9. The monoisotopic (exact) mass is 265 g/mol. The zero-order valence-corrected chi connectivity index (χ0v) is 11.9. The van der Waals surface area contributed by atoms with Crippen LogP contribution in [-0.2, 0) is 0 Å². The number of benzene rings is 2. The van der Waals surface area contributed by atoms with Crippen molar-refractivity contribution in [3.8, 4) is 0 Å². The molecule has 1 unspecified atom stereocenters. The number of imidazole rings is 1. The summed E-state index contributed by atoms with van der Waals surface area (Å²) in [6.45, 7) is 5.17. The van der Waals surface area contributed by atoms with Gasteiger partial charge in [-0.05, 0) is 31.5 Å². The van der Waals surface area contributed by atoms with Crippen LogP contribution in [0.4, 0.5) is 5.95 Å². The van der Waals surface area contributed by atoms with Crippen molar-refractivity contribution in [1.82, 2.24) is 9.55 Å². The molecule has 1 atom stereocenters. The van der Waals surface area contributed by atoms with Crippen molar-refractivity contribution >= 4 is 17.0 Å². The first-order chi connectivity index (χ1) is 9.81. The predicted molar refractivity (Wildman–Crippen MR) is 84.2 cm³/mol. The van der Waals surface area contributed by atoms with E-state index in [9.17, 15) is 0 Å². The van der Waals surface area contributed by atoms with E-state index in [0.29, 0.717) is 0 Å². The molecule has 0 saturated carbocycles. The maximum Gasteiger partial charge on any atom is 0.204 e. The quantitative estimate of drug-likeness (QED) is 0.770. The Hall–Kier alpha value is -2.29. The first-order valence-corrected chi connectivity index (χ1v) is 7.07. The SMILES string of the molecule is CCNc1nc2ccccc2n1C(C)c1ccccc1. The van der Waals surface area contributed by atoms with Gasteiger partial charge in [-0.3, -0.25) is 0 Å². The van der Waals surface area contributed by atoms with E-state index < -0.39 is 0 Å². The summed E-state index contributed by atoms with van der Waals surface area (Å²) in [4.78, 5) is 4.70. The molecule has 3 rings (SSSR count). The van der Waals surface area contributed by atoms with Gasteiger partial charge in [0.05, 0.1) is 17.1 Å². The van der Waals surface area contributed by atoms with Crippen molar-refractivity contribution < 1.29 is 0 Å². The van der Waals surface area contributed by atoms with Crippen LogP contribution >= 0.6 is 0 Å². The molecule has 0 bridgehead atoms. The van der Waals surface area contributed by atoms with Crippen LogP contribution in [0.25, 0.3) is 11.0 Å². The number of fused-ring (bicyclic) bond motifs is 1. The van der Waals surface area contributed by atoms with Gasteiger partial charge in [-0.15, -0.1) is 0 Å². The molecular formula is C17H19N3.